The van der Waals surface area contributed by atoms with Gasteiger partial charge in [0.1, 0.15) is 12.1 Å². The van der Waals surface area contributed by atoms with E-state index in [-0.39, 0.29) is 24.1 Å². The lowest BCUT2D eigenvalue weighted by Gasteiger charge is -2.13. The fourth-order valence-corrected chi connectivity index (χ4v) is 3.06. The number of methoxy groups -OCH3 is 1. The number of aryl methyl sites for hydroxylation is 1. The fraction of sp³-hybridized carbons (Fsp3) is 0.200. The predicted octanol–water partition coefficient (Wildman–Crippen LogP) is 3.79. The van der Waals surface area contributed by atoms with Crippen molar-refractivity contribution in [3.8, 4) is 17.2 Å². The van der Waals surface area contributed by atoms with Crippen LogP contribution in [0.25, 0.3) is 0 Å². The second kappa shape index (κ2) is 8.11. The Morgan fingerprint density at radius 2 is 1.93 bits per heavy atom. The highest BCUT2D eigenvalue weighted by Gasteiger charge is 2.24. The maximum atomic E-state index is 11.8. The van der Waals surface area contributed by atoms with Gasteiger partial charge in [0.25, 0.3) is 0 Å². The predicted molar refractivity (Wildman–Crippen MR) is 110 cm³/mol. The summed E-state index contributed by atoms with van der Waals surface area (Å²) in [5.74, 6) is 2.02. The van der Waals surface area contributed by atoms with E-state index in [4.69, 9.17) is 14.2 Å². The molecule has 154 valence electrons. The van der Waals surface area contributed by atoms with Crippen molar-refractivity contribution in [3.63, 3.8) is 0 Å². The van der Waals surface area contributed by atoms with Crippen LogP contribution < -0.4 is 24.8 Å². The van der Waals surface area contributed by atoms with Crippen LogP contribution in [0.4, 0.5) is 23.0 Å². The molecule has 0 radical (unpaired) electrons. The van der Waals surface area contributed by atoms with Crippen molar-refractivity contribution in [2.75, 3.05) is 24.5 Å². The molecule has 0 bridgehead atoms. The summed E-state index contributed by atoms with van der Waals surface area (Å²) in [7, 11) is 1.53. The highest BCUT2D eigenvalue weighted by Crippen LogP contribution is 2.36. The molecule has 1 aliphatic rings. The second-order valence-corrected chi connectivity index (χ2v) is 6.55. The lowest BCUT2D eigenvalue weighted by molar-refractivity contribution is -0.383. The number of aromatic nitrogens is 2. The van der Waals surface area contributed by atoms with Crippen molar-refractivity contribution in [1.29, 1.82) is 0 Å². The van der Waals surface area contributed by atoms with E-state index in [1.54, 1.807) is 12.1 Å². The first-order valence-electron chi connectivity index (χ1n) is 9.08. The fourth-order valence-electron chi connectivity index (χ4n) is 3.06. The highest BCUT2D eigenvalue weighted by molar-refractivity contribution is 5.76. The van der Waals surface area contributed by atoms with Gasteiger partial charge in [-0.15, -0.1) is 0 Å². The molecule has 10 heteroatoms. The topological polar surface area (TPSA) is 121 Å². The van der Waals surface area contributed by atoms with Gasteiger partial charge in [0.15, 0.2) is 11.5 Å². The van der Waals surface area contributed by atoms with Crippen LogP contribution in [0.1, 0.15) is 11.1 Å². The molecule has 0 saturated carbocycles. The van der Waals surface area contributed by atoms with Gasteiger partial charge in [0.2, 0.25) is 18.4 Å². The Kier molecular flexibility index (Phi) is 5.21. The molecule has 2 N–H and O–H groups in total. The molecule has 1 aromatic heterocycles. The molecular formula is C20H19N5O5. The zero-order valence-corrected chi connectivity index (χ0v) is 16.3. The first-order valence-corrected chi connectivity index (χ1v) is 9.08. The third-order valence-corrected chi connectivity index (χ3v) is 4.51. The van der Waals surface area contributed by atoms with E-state index >= 15 is 0 Å². The largest absolute Gasteiger partial charge is 0.495 e. The number of rotatable bonds is 7. The minimum atomic E-state index is -0.521. The molecule has 0 aliphatic carbocycles. The zero-order chi connectivity index (χ0) is 21.1. The van der Waals surface area contributed by atoms with Gasteiger partial charge in [0, 0.05) is 6.54 Å². The maximum Gasteiger partial charge on any atom is 0.353 e. The van der Waals surface area contributed by atoms with Crippen LogP contribution in [0.3, 0.4) is 0 Å². The van der Waals surface area contributed by atoms with E-state index in [0.29, 0.717) is 29.5 Å². The van der Waals surface area contributed by atoms with Gasteiger partial charge in [0.05, 0.1) is 17.7 Å². The molecule has 0 spiro atoms. The Labute approximate surface area is 172 Å². The number of fused-ring (bicyclic) bond motifs is 1. The first kappa shape index (κ1) is 19.2. The molecule has 3 aromatic rings. The number of hydrogen-bond donors (Lipinski definition) is 2. The van der Waals surface area contributed by atoms with E-state index < -0.39 is 4.92 Å². The Hall–Kier alpha value is -4.08. The number of nitro groups is 1. The summed E-state index contributed by atoms with van der Waals surface area (Å²) in [6.07, 6.45) is 1.26. The SMILES string of the molecule is COc1ccc(C)cc1Nc1ncnc(NCc2ccc3c(c2)OCO3)c1[N+](=O)[O-]. The lowest BCUT2D eigenvalue weighted by Crippen LogP contribution is -2.08. The van der Waals surface area contributed by atoms with Crippen LogP contribution in [0.15, 0.2) is 42.7 Å². The van der Waals surface area contributed by atoms with Crippen LogP contribution >= 0.6 is 0 Å². The molecule has 0 fully saturated rings. The minimum Gasteiger partial charge on any atom is -0.495 e. The number of nitrogens with zero attached hydrogens (tertiary/aromatic N) is 3. The van der Waals surface area contributed by atoms with E-state index in [1.807, 2.05) is 31.2 Å². The Morgan fingerprint density at radius 3 is 2.73 bits per heavy atom. The quantitative estimate of drug-likeness (QED) is 0.443. The molecule has 30 heavy (non-hydrogen) atoms. The number of hydrogen-bond acceptors (Lipinski definition) is 9. The number of benzene rings is 2. The smallest absolute Gasteiger partial charge is 0.353 e. The lowest BCUT2D eigenvalue weighted by atomic mass is 10.2. The Morgan fingerprint density at radius 1 is 1.13 bits per heavy atom. The molecule has 0 unspecified atom stereocenters. The summed E-state index contributed by atoms with van der Waals surface area (Å²) < 4.78 is 16.0. The van der Waals surface area contributed by atoms with E-state index in [0.717, 1.165) is 11.1 Å². The summed E-state index contributed by atoms with van der Waals surface area (Å²) >= 11 is 0. The average Bonchev–Trinajstić information content (AvgIpc) is 3.20. The molecule has 0 amide bonds. The van der Waals surface area contributed by atoms with Crippen molar-refractivity contribution >= 4 is 23.0 Å². The van der Waals surface area contributed by atoms with E-state index in [1.165, 1.54) is 13.4 Å². The monoisotopic (exact) mass is 409 g/mol. The molecule has 2 aromatic carbocycles. The summed E-state index contributed by atoms with van der Waals surface area (Å²) in [5.41, 5.74) is 2.14. The van der Waals surface area contributed by atoms with E-state index in [2.05, 4.69) is 20.6 Å². The van der Waals surface area contributed by atoms with Crippen LogP contribution in [0, 0.1) is 17.0 Å². The molecule has 1 aliphatic heterocycles. The molecular weight excluding hydrogens is 390 g/mol. The highest BCUT2D eigenvalue weighted by atomic mass is 16.7. The van der Waals surface area contributed by atoms with Gasteiger partial charge in [-0.3, -0.25) is 10.1 Å². The van der Waals surface area contributed by atoms with Crippen LogP contribution in [-0.4, -0.2) is 28.8 Å². The minimum absolute atomic E-state index is 0.0621. The zero-order valence-electron chi connectivity index (χ0n) is 16.3. The van der Waals surface area contributed by atoms with Crippen molar-refractivity contribution in [2.45, 2.75) is 13.5 Å². The molecule has 2 heterocycles. The number of anilines is 3. The standard InChI is InChI=1S/C20H19N5O5/c1-12-3-5-15(28-2)14(7-12)24-20-18(25(26)27)19(22-10-23-20)21-9-13-4-6-16-17(8-13)30-11-29-16/h3-8,10H,9,11H2,1-2H3,(H2,21,22,23,24). The molecule has 4 rings (SSSR count). The van der Waals surface area contributed by atoms with Gasteiger partial charge >= 0.3 is 5.69 Å². The maximum absolute atomic E-state index is 11.8. The molecule has 0 saturated heterocycles. The first-order chi connectivity index (χ1) is 14.5. The Balaban J connectivity index is 1.60. The number of nitrogens with one attached hydrogen (secondary N) is 2. The molecule has 0 atom stereocenters. The summed E-state index contributed by atoms with van der Waals surface area (Å²) in [4.78, 5) is 19.4. The van der Waals surface area contributed by atoms with Crippen LogP contribution in [0.2, 0.25) is 0 Å². The van der Waals surface area contributed by atoms with Gasteiger partial charge < -0.3 is 24.8 Å². The summed E-state index contributed by atoms with van der Waals surface area (Å²) in [5, 5.41) is 17.8. The Bertz CT molecular complexity index is 1100. The van der Waals surface area contributed by atoms with Crippen molar-refractivity contribution in [3.05, 3.63) is 64.0 Å². The van der Waals surface area contributed by atoms with Gasteiger partial charge in [-0.25, -0.2) is 9.97 Å². The average molecular weight is 409 g/mol. The van der Waals surface area contributed by atoms with Gasteiger partial charge in [-0.2, -0.15) is 0 Å². The van der Waals surface area contributed by atoms with Gasteiger partial charge in [-0.05, 0) is 42.3 Å². The molecule has 10 nitrogen and oxygen atoms in total. The van der Waals surface area contributed by atoms with Crippen LogP contribution in [-0.2, 0) is 6.54 Å². The normalized spacial score (nSPS) is 11.8. The van der Waals surface area contributed by atoms with Crippen molar-refractivity contribution in [1.82, 2.24) is 9.97 Å². The summed E-state index contributed by atoms with van der Waals surface area (Å²) in [6, 6.07) is 11.0. The van der Waals surface area contributed by atoms with Crippen molar-refractivity contribution < 1.29 is 19.1 Å². The number of ether oxygens (including phenoxy) is 3. The van der Waals surface area contributed by atoms with Crippen molar-refractivity contribution in [2.24, 2.45) is 0 Å². The third-order valence-electron chi connectivity index (χ3n) is 4.51. The van der Waals surface area contributed by atoms with E-state index in [9.17, 15) is 10.1 Å². The third kappa shape index (κ3) is 3.88. The second-order valence-electron chi connectivity index (χ2n) is 6.55. The summed E-state index contributed by atoms with van der Waals surface area (Å²) in [6.45, 7) is 2.40. The van der Waals surface area contributed by atoms with Crippen LogP contribution in [0.5, 0.6) is 17.2 Å². The van der Waals surface area contributed by atoms with Gasteiger partial charge in [-0.1, -0.05) is 12.1 Å².